The average molecular weight is 757 g/mol. The van der Waals surface area contributed by atoms with Gasteiger partial charge in [0.2, 0.25) is 5.91 Å². The monoisotopic (exact) mass is 756 g/mol. The molecule has 0 spiro atoms. The number of hydrogen-bond acceptors (Lipinski definition) is 9. The Kier molecular flexibility index (Phi) is 12.4. The number of nitrogens with one attached hydrogen (secondary N) is 3. The number of nitrogens with zero attached hydrogens (tertiary/aromatic N) is 1. The fraction of sp³-hybridized carbons (Fsp3) is 0.0952. The lowest BCUT2D eigenvalue weighted by Crippen LogP contribution is -2.30. The van der Waals surface area contributed by atoms with Crippen LogP contribution >= 0.6 is 23.1 Å². The van der Waals surface area contributed by atoms with Crippen LogP contribution in [0, 0.1) is 0 Å². The summed E-state index contributed by atoms with van der Waals surface area (Å²) in [6, 6.07) is 38.0. The van der Waals surface area contributed by atoms with Crippen LogP contribution in [0.5, 0.6) is 17.2 Å². The van der Waals surface area contributed by atoms with E-state index in [1.165, 1.54) is 43.4 Å². The van der Waals surface area contributed by atoms with E-state index in [1.54, 1.807) is 73.8 Å². The van der Waals surface area contributed by atoms with E-state index in [2.05, 4.69) is 20.9 Å². The summed E-state index contributed by atoms with van der Waals surface area (Å²) in [7, 11) is 4.63. The van der Waals surface area contributed by atoms with E-state index in [0.717, 1.165) is 16.0 Å². The smallest absolute Gasteiger partial charge is 0.272 e. The van der Waals surface area contributed by atoms with Gasteiger partial charge in [-0.3, -0.25) is 14.4 Å². The fourth-order valence-electron chi connectivity index (χ4n) is 5.49. The van der Waals surface area contributed by atoms with Crippen LogP contribution in [0.25, 0.3) is 17.3 Å². The fourth-order valence-corrected chi connectivity index (χ4v) is 7.29. The van der Waals surface area contributed by atoms with Crippen LogP contribution in [0.2, 0.25) is 0 Å². The van der Waals surface area contributed by atoms with Gasteiger partial charge in [-0.1, -0.05) is 78.9 Å². The van der Waals surface area contributed by atoms with Crippen LogP contribution in [0.1, 0.15) is 26.7 Å². The minimum absolute atomic E-state index is 0.0223. The Morgan fingerprint density at radius 1 is 0.741 bits per heavy atom. The van der Waals surface area contributed by atoms with Crippen molar-refractivity contribution >= 4 is 57.7 Å². The zero-order chi connectivity index (χ0) is 37.9. The molecule has 0 fully saturated rings. The molecular weight excluding hydrogens is 721 g/mol. The Morgan fingerprint density at radius 2 is 1.43 bits per heavy atom. The Labute approximate surface area is 321 Å². The summed E-state index contributed by atoms with van der Waals surface area (Å²) >= 11 is 2.65. The van der Waals surface area contributed by atoms with Crippen LogP contribution in [0.3, 0.4) is 0 Å². The molecule has 0 bridgehead atoms. The first kappa shape index (κ1) is 37.4. The summed E-state index contributed by atoms with van der Waals surface area (Å²) in [6.45, 7) is 0. The highest BCUT2D eigenvalue weighted by molar-refractivity contribution is 8.00. The van der Waals surface area contributed by atoms with Gasteiger partial charge >= 0.3 is 0 Å². The van der Waals surface area contributed by atoms with E-state index >= 15 is 0 Å². The van der Waals surface area contributed by atoms with Gasteiger partial charge in [0.15, 0.2) is 16.6 Å². The van der Waals surface area contributed by atoms with Crippen LogP contribution in [-0.4, -0.2) is 44.0 Å². The third kappa shape index (κ3) is 9.16. The molecule has 0 saturated heterocycles. The maximum atomic E-state index is 13.9. The SMILES string of the molecule is COc1ccccc1-c1csc(NC(=O)C(Sc2cccc(NC(=O)/C(=C\c3cccc(OC)c3OC)NC(=O)c3ccccc3)c2)c2ccccc2)n1. The van der Waals surface area contributed by atoms with Crippen molar-refractivity contribution in [1.82, 2.24) is 10.3 Å². The number of para-hydroxylation sites is 2. The highest BCUT2D eigenvalue weighted by atomic mass is 32.2. The second-order valence-corrected chi connectivity index (χ2v) is 13.6. The number of carbonyl (C=O) groups excluding carboxylic acids is 3. The molecule has 1 atom stereocenters. The standard InChI is InChI=1S/C42H36N4O6S2/c1-50-35-22-11-10-21-32(35)34-26-53-42(45-34)46-41(49)38(27-14-6-4-7-15-27)54-31-20-13-19-30(25-31)43-40(48)33(44-39(47)28-16-8-5-9-17-28)24-29-18-12-23-36(51-2)37(29)52-3/h4-26,38H,1-3H3,(H,43,48)(H,44,47)(H,45,46,49)/b33-24+. The third-order valence-corrected chi connectivity index (χ3v) is 10.1. The first-order valence-electron chi connectivity index (χ1n) is 16.7. The van der Waals surface area contributed by atoms with E-state index in [9.17, 15) is 14.4 Å². The number of methoxy groups -OCH3 is 3. The van der Waals surface area contributed by atoms with Crippen LogP contribution in [0.4, 0.5) is 10.8 Å². The topological polar surface area (TPSA) is 128 Å². The molecule has 3 N–H and O–H groups in total. The second kappa shape index (κ2) is 17.9. The number of thioether (sulfide) groups is 1. The summed E-state index contributed by atoms with van der Waals surface area (Å²) in [5.74, 6) is 0.258. The van der Waals surface area contributed by atoms with Crippen molar-refractivity contribution in [2.24, 2.45) is 0 Å². The van der Waals surface area contributed by atoms with E-state index in [0.29, 0.717) is 44.9 Å². The van der Waals surface area contributed by atoms with Gasteiger partial charge < -0.3 is 30.2 Å². The van der Waals surface area contributed by atoms with Gasteiger partial charge in [-0.25, -0.2) is 4.98 Å². The lowest BCUT2D eigenvalue weighted by molar-refractivity contribution is -0.116. The first-order chi connectivity index (χ1) is 26.4. The molecule has 5 aromatic carbocycles. The number of aromatic nitrogens is 1. The van der Waals surface area contributed by atoms with Gasteiger partial charge in [-0.05, 0) is 60.2 Å². The molecule has 0 radical (unpaired) electrons. The number of amides is 3. The number of hydrogen-bond donors (Lipinski definition) is 3. The van der Waals surface area contributed by atoms with Crippen molar-refractivity contribution in [2.45, 2.75) is 10.1 Å². The average Bonchev–Trinajstić information content (AvgIpc) is 3.68. The molecule has 1 unspecified atom stereocenters. The first-order valence-corrected chi connectivity index (χ1v) is 18.4. The van der Waals surface area contributed by atoms with E-state index in [-0.39, 0.29) is 11.6 Å². The molecule has 0 aliphatic rings. The zero-order valence-corrected chi connectivity index (χ0v) is 31.2. The number of ether oxygens (including phenoxy) is 3. The van der Waals surface area contributed by atoms with Gasteiger partial charge in [-0.15, -0.1) is 23.1 Å². The van der Waals surface area contributed by atoms with Crippen molar-refractivity contribution in [3.63, 3.8) is 0 Å². The van der Waals surface area contributed by atoms with E-state index < -0.39 is 17.1 Å². The lowest BCUT2D eigenvalue weighted by Gasteiger charge is -2.17. The number of rotatable bonds is 14. The van der Waals surface area contributed by atoms with Gasteiger partial charge in [0, 0.05) is 32.7 Å². The Morgan fingerprint density at radius 3 is 2.17 bits per heavy atom. The highest BCUT2D eigenvalue weighted by Crippen LogP contribution is 2.39. The van der Waals surface area contributed by atoms with Crippen LogP contribution < -0.4 is 30.2 Å². The summed E-state index contributed by atoms with van der Waals surface area (Å²) in [4.78, 5) is 46.4. The van der Waals surface area contributed by atoms with Crippen molar-refractivity contribution in [2.75, 3.05) is 32.0 Å². The maximum Gasteiger partial charge on any atom is 0.272 e. The molecule has 272 valence electrons. The summed E-state index contributed by atoms with van der Waals surface area (Å²) in [5.41, 5.74) is 3.64. The Hall–Kier alpha value is -6.37. The minimum Gasteiger partial charge on any atom is -0.496 e. The summed E-state index contributed by atoms with van der Waals surface area (Å²) in [5, 5.41) is 10.3. The van der Waals surface area contributed by atoms with Gasteiger partial charge in [-0.2, -0.15) is 0 Å². The quantitative estimate of drug-likeness (QED) is 0.0744. The maximum absolute atomic E-state index is 13.9. The van der Waals surface area contributed by atoms with Crippen molar-refractivity contribution in [3.8, 4) is 28.5 Å². The molecule has 3 amide bonds. The van der Waals surface area contributed by atoms with Gasteiger partial charge in [0.25, 0.3) is 11.8 Å². The molecular formula is C42H36N4O6S2. The predicted octanol–water partition coefficient (Wildman–Crippen LogP) is 8.72. The molecule has 12 heteroatoms. The molecule has 6 rings (SSSR count). The van der Waals surface area contributed by atoms with E-state index in [4.69, 9.17) is 14.2 Å². The number of carbonyl (C=O) groups is 3. The molecule has 10 nitrogen and oxygen atoms in total. The molecule has 0 aliphatic carbocycles. The molecule has 6 aromatic rings. The normalized spacial score (nSPS) is 11.6. The Balaban J connectivity index is 1.24. The molecule has 1 aromatic heterocycles. The minimum atomic E-state index is -0.656. The molecule has 0 aliphatic heterocycles. The summed E-state index contributed by atoms with van der Waals surface area (Å²) < 4.78 is 16.5. The van der Waals surface area contributed by atoms with Crippen molar-refractivity contribution in [3.05, 3.63) is 155 Å². The number of anilines is 2. The second-order valence-electron chi connectivity index (χ2n) is 11.6. The number of benzene rings is 5. The molecule has 0 saturated carbocycles. The van der Waals surface area contributed by atoms with E-state index in [1.807, 2.05) is 66.0 Å². The molecule has 54 heavy (non-hydrogen) atoms. The molecule has 1 heterocycles. The predicted molar refractivity (Wildman–Crippen MR) is 214 cm³/mol. The zero-order valence-electron chi connectivity index (χ0n) is 29.6. The summed E-state index contributed by atoms with van der Waals surface area (Å²) in [6.07, 6.45) is 1.53. The van der Waals surface area contributed by atoms with Gasteiger partial charge in [0.05, 0.1) is 27.0 Å². The Bertz CT molecular complexity index is 2280. The van der Waals surface area contributed by atoms with Crippen LogP contribution in [-0.2, 0) is 9.59 Å². The third-order valence-electron chi connectivity index (χ3n) is 8.07. The largest absolute Gasteiger partial charge is 0.496 e. The van der Waals surface area contributed by atoms with Crippen molar-refractivity contribution in [1.29, 1.82) is 0 Å². The highest BCUT2D eigenvalue weighted by Gasteiger charge is 2.24. The number of thiazole rings is 1. The van der Waals surface area contributed by atoms with Crippen molar-refractivity contribution < 1.29 is 28.6 Å². The lowest BCUT2D eigenvalue weighted by atomic mass is 10.1. The van der Waals surface area contributed by atoms with Crippen LogP contribution in [0.15, 0.2) is 143 Å². The van der Waals surface area contributed by atoms with Gasteiger partial charge in [0.1, 0.15) is 16.7 Å².